The number of carboxylic acids is 1. The Morgan fingerprint density at radius 3 is 2.29 bits per heavy atom. The summed E-state index contributed by atoms with van der Waals surface area (Å²) < 4.78 is 41.0. The highest BCUT2D eigenvalue weighted by atomic mass is 19.4. The van der Waals surface area contributed by atoms with Gasteiger partial charge in [-0.3, -0.25) is 4.79 Å². The first-order chi connectivity index (χ1) is 7.74. The maximum absolute atomic E-state index is 12.0. The van der Waals surface area contributed by atoms with E-state index < -0.39 is 29.7 Å². The van der Waals surface area contributed by atoms with Gasteiger partial charge < -0.3 is 15.2 Å². The molecule has 2 saturated heterocycles. The van der Waals surface area contributed by atoms with E-state index in [0.29, 0.717) is 0 Å². The van der Waals surface area contributed by atoms with Gasteiger partial charge in [0, 0.05) is 0 Å². The van der Waals surface area contributed by atoms with E-state index in [1.807, 2.05) is 5.32 Å². The Kier molecular flexibility index (Phi) is 2.57. The Labute approximate surface area is 93.9 Å². The van der Waals surface area contributed by atoms with Gasteiger partial charge in [0.15, 0.2) is 5.60 Å². The number of halogens is 3. The van der Waals surface area contributed by atoms with E-state index in [2.05, 4.69) is 0 Å². The lowest BCUT2D eigenvalue weighted by Crippen LogP contribution is -2.66. The van der Waals surface area contributed by atoms with Crippen molar-refractivity contribution in [1.29, 1.82) is 0 Å². The molecule has 3 aliphatic rings. The minimum absolute atomic E-state index is 0.144. The summed E-state index contributed by atoms with van der Waals surface area (Å²) in [7, 11) is 0. The van der Waals surface area contributed by atoms with Gasteiger partial charge in [-0.25, -0.2) is 4.79 Å². The van der Waals surface area contributed by atoms with Crippen LogP contribution < -0.4 is 5.32 Å². The number of amides is 1. The molecule has 1 unspecified atom stereocenters. The zero-order valence-corrected chi connectivity index (χ0v) is 8.58. The van der Waals surface area contributed by atoms with Crippen molar-refractivity contribution >= 4 is 11.9 Å². The molecule has 0 aromatic carbocycles. The molecule has 0 spiro atoms. The monoisotopic (exact) mass is 253 g/mol. The third kappa shape index (κ3) is 1.97. The van der Waals surface area contributed by atoms with Gasteiger partial charge in [-0.2, -0.15) is 13.2 Å². The maximum Gasteiger partial charge on any atom is 0.471 e. The van der Waals surface area contributed by atoms with E-state index in [0.717, 1.165) is 0 Å². The van der Waals surface area contributed by atoms with Gasteiger partial charge in [0.05, 0.1) is 12.6 Å². The quantitative estimate of drug-likeness (QED) is 0.742. The maximum atomic E-state index is 12.0. The standard InChI is InChI=1S/C9H10F3NO4/c10-9(11,12)6(14)13-5-3-17-8(7(15)16)1-4(5)2-8/h4-5H,1-3H2,(H,13,14)(H,15,16). The Hall–Kier alpha value is -1.31. The fraction of sp³-hybridized carbons (Fsp3) is 0.778. The zero-order valence-electron chi connectivity index (χ0n) is 8.58. The molecule has 3 fully saturated rings. The highest BCUT2D eigenvalue weighted by Gasteiger charge is 2.58. The fourth-order valence-electron chi connectivity index (χ4n) is 2.22. The third-order valence-corrected chi connectivity index (χ3v) is 3.26. The van der Waals surface area contributed by atoms with Crippen molar-refractivity contribution in [1.82, 2.24) is 5.32 Å². The van der Waals surface area contributed by atoms with Gasteiger partial charge in [0.1, 0.15) is 0 Å². The molecular formula is C9H10F3NO4. The van der Waals surface area contributed by atoms with Crippen molar-refractivity contribution in [3.05, 3.63) is 0 Å². The summed E-state index contributed by atoms with van der Waals surface area (Å²) in [4.78, 5) is 21.5. The van der Waals surface area contributed by atoms with Crippen LogP contribution in [0.3, 0.4) is 0 Å². The number of hydrogen-bond donors (Lipinski definition) is 2. The number of carbonyl (C=O) groups excluding carboxylic acids is 1. The number of aliphatic carboxylic acids is 1. The smallest absolute Gasteiger partial charge is 0.471 e. The number of alkyl halides is 3. The van der Waals surface area contributed by atoms with Crippen molar-refractivity contribution in [2.75, 3.05) is 6.61 Å². The van der Waals surface area contributed by atoms with E-state index in [1.165, 1.54) is 0 Å². The van der Waals surface area contributed by atoms with E-state index in [4.69, 9.17) is 9.84 Å². The molecule has 2 heterocycles. The van der Waals surface area contributed by atoms with Crippen LogP contribution in [0, 0.1) is 5.92 Å². The lowest BCUT2D eigenvalue weighted by Gasteiger charge is -2.52. The highest BCUT2D eigenvalue weighted by molar-refractivity contribution is 5.82. The number of rotatable bonds is 2. The lowest BCUT2D eigenvalue weighted by atomic mass is 9.65. The van der Waals surface area contributed by atoms with E-state index in [9.17, 15) is 22.8 Å². The van der Waals surface area contributed by atoms with Crippen LogP contribution >= 0.6 is 0 Å². The summed E-state index contributed by atoms with van der Waals surface area (Å²) in [6.45, 7) is -0.196. The van der Waals surface area contributed by atoms with Gasteiger partial charge >= 0.3 is 18.1 Å². The normalized spacial score (nSPS) is 35.9. The Morgan fingerprint density at radius 2 is 1.94 bits per heavy atom. The Balaban J connectivity index is 1.92. The van der Waals surface area contributed by atoms with Crippen LogP contribution in [0.15, 0.2) is 0 Å². The molecule has 17 heavy (non-hydrogen) atoms. The molecule has 8 heteroatoms. The molecular weight excluding hydrogens is 243 g/mol. The lowest BCUT2D eigenvalue weighted by molar-refractivity contribution is -0.217. The molecule has 2 aliphatic heterocycles. The average Bonchev–Trinajstić information content (AvgIpc) is 2.14. The second-order valence-corrected chi connectivity index (χ2v) is 4.36. The van der Waals surface area contributed by atoms with Crippen LogP contribution in [0.25, 0.3) is 0 Å². The molecule has 0 aromatic rings. The number of fused-ring (bicyclic) bond motifs is 2. The van der Waals surface area contributed by atoms with Crippen molar-refractivity contribution in [3.63, 3.8) is 0 Å². The highest BCUT2D eigenvalue weighted by Crippen LogP contribution is 2.47. The first-order valence-corrected chi connectivity index (χ1v) is 5.00. The summed E-state index contributed by atoms with van der Waals surface area (Å²) in [5.41, 5.74) is -1.25. The van der Waals surface area contributed by atoms with E-state index in [-0.39, 0.29) is 25.4 Å². The van der Waals surface area contributed by atoms with Crippen molar-refractivity contribution in [2.45, 2.75) is 30.7 Å². The summed E-state index contributed by atoms with van der Waals surface area (Å²) in [6.07, 6.45) is -4.64. The van der Waals surface area contributed by atoms with Gasteiger partial charge in [-0.05, 0) is 18.8 Å². The molecule has 2 N–H and O–H groups in total. The first kappa shape index (κ1) is 12.2. The molecule has 0 radical (unpaired) electrons. The molecule has 1 saturated carbocycles. The number of carbonyl (C=O) groups is 2. The van der Waals surface area contributed by atoms with Crippen molar-refractivity contribution < 1.29 is 32.6 Å². The van der Waals surface area contributed by atoms with Gasteiger partial charge in [0.25, 0.3) is 0 Å². The summed E-state index contributed by atoms with van der Waals surface area (Å²) in [5.74, 6) is -3.37. The summed E-state index contributed by atoms with van der Waals surface area (Å²) >= 11 is 0. The molecule has 96 valence electrons. The predicted octanol–water partition coefficient (Wildman–Crippen LogP) is 0.297. The Bertz CT molecular complexity index is 356. The minimum atomic E-state index is -4.93. The molecule has 1 atom stereocenters. The first-order valence-electron chi connectivity index (χ1n) is 5.00. The molecule has 5 nitrogen and oxygen atoms in total. The minimum Gasteiger partial charge on any atom is -0.479 e. The predicted molar refractivity (Wildman–Crippen MR) is 47.0 cm³/mol. The molecule has 0 aromatic heterocycles. The topological polar surface area (TPSA) is 75.6 Å². The van der Waals surface area contributed by atoms with E-state index in [1.54, 1.807) is 0 Å². The van der Waals surface area contributed by atoms with E-state index >= 15 is 0 Å². The van der Waals surface area contributed by atoms with Crippen LogP contribution in [-0.4, -0.2) is 41.4 Å². The van der Waals surface area contributed by atoms with Crippen LogP contribution in [0.1, 0.15) is 12.8 Å². The van der Waals surface area contributed by atoms with Gasteiger partial charge in [-0.15, -0.1) is 0 Å². The fourth-order valence-corrected chi connectivity index (χ4v) is 2.22. The SMILES string of the molecule is O=C(NC1COC2(C(=O)O)CC1C2)C(F)(F)F. The molecule has 3 rings (SSSR count). The van der Waals surface area contributed by atoms with Crippen LogP contribution in [0.4, 0.5) is 13.2 Å². The van der Waals surface area contributed by atoms with Crippen LogP contribution in [0.5, 0.6) is 0 Å². The van der Waals surface area contributed by atoms with Gasteiger partial charge in [-0.1, -0.05) is 0 Å². The average molecular weight is 253 g/mol. The molecule has 1 aliphatic carbocycles. The van der Waals surface area contributed by atoms with Crippen molar-refractivity contribution in [2.24, 2.45) is 5.92 Å². The summed E-state index contributed by atoms with van der Waals surface area (Å²) in [5, 5.41) is 10.7. The largest absolute Gasteiger partial charge is 0.479 e. The number of nitrogens with one attached hydrogen (secondary N) is 1. The zero-order chi connectivity index (χ0) is 12.8. The van der Waals surface area contributed by atoms with Crippen LogP contribution in [-0.2, 0) is 14.3 Å². The number of carboxylic acid groups (broad SMARTS) is 1. The third-order valence-electron chi connectivity index (χ3n) is 3.26. The van der Waals surface area contributed by atoms with Crippen LogP contribution in [0.2, 0.25) is 0 Å². The number of ether oxygens (including phenoxy) is 1. The second-order valence-electron chi connectivity index (χ2n) is 4.36. The van der Waals surface area contributed by atoms with Gasteiger partial charge in [0.2, 0.25) is 0 Å². The summed E-state index contributed by atoms with van der Waals surface area (Å²) in [6, 6.07) is -0.759. The Morgan fingerprint density at radius 1 is 1.35 bits per heavy atom. The number of hydrogen-bond acceptors (Lipinski definition) is 3. The second kappa shape index (κ2) is 3.59. The van der Waals surface area contributed by atoms with Crippen molar-refractivity contribution in [3.8, 4) is 0 Å². The molecule has 1 amide bonds. The molecule has 2 bridgehead atoms.